The van der Waals surface area contributed by atoms with E-state index in [2.05, 4.69) is 12.2 Å². The predicted octanol–water partition coefficient (Wildman–Crippen LogP) is 1.08. The summed E-state index contributed by atoms with van der Waals surface area (Å²) in [4.78, 5) is 11.7. The summed E-state index contributed by atoms with van der Waals surface area (Å²) < 4.78 is 4.81. The molecule has 1 fully saturated rings. The van der Waals surface area contributed by atoms with Gasteiger partial charge in [-0.2, -0.15) is 0 Å². The molecule has 94 valence electrons. The zero-order chi connectivity index (χ0) is 12.0. The molecule has 0 aromatic heterocycles. The number of esters is 1. The Morgan fingerprint density at radius 3 is 2.62 bits per heavy atom. The van der Waals surface area contributed by atoms with Crippen molar-refractivity contribution in [3.8, 4) is 0 Å². The molecular weight excluding hydrogens is 206 g/mol. The van der Waals surface area contributed by atoms with Crippen LogP contribution >= 0.6 is 0 Å². The lowest BCUT2D eigenvalue weighted by Gasteiger charge is -2.38. The van der Waals surface area contributed by atoms with Crippen LogP contribution in [0.4, 0.5) is 0 Å². The fourth-order valence-electron chi connectivity index (χ4n) is 2.36. The standard InChI is InChI=1S/C12H23NO3/c1-3-4-5-10(11(14)16-2)12(15)6-8-13-9-7-12/h10,13,15H,3-9H2,1-2H3. The lowest BCUT2D eigenvalue weighted by atomic mass is 9.77. The number of hydrogen-bond donors (Lipinski definition) is 2. The third-order valence-electron chi connectivity index (χ3n) is 3.45. The predicted molar refractivity (Wildman–Crippen MR) is 62.1 cm³/mol. The molecule has 1 atom stereocenters. The van der Waals surface area contributed by atoms with E-state index in [0.29, 0.717) is 12.8 Å². The van der Waals surface area contributed by atoms with Gasteiger partial charge in [-0.3, -0.25) is 4.79 Å². The summed E-state index contributed by atoms with van der Waals surface area (Å²) in [6.45, 7) is 3.63. The Hall–Kier alpha value is -0.610. The second-order valence-corrected chi connectivity index (χ2v) is 4.57. The zero-order valence-corrected chi connectivity index (χ0v) is 10.3. The van der Waals surface area contributed by atoms with Crippen molar-refractivity contribution in [2.75, 3.05) is 20.2 Å². The average molecular weight is 229 g/mol. The first kappa shape index (κ1) is 13.5. The third kappa shape index (κ3) is 3.19. The number of ether oxygens (including phenoxy) is 1. The number of aliphatic hydroxyl groups is 1. The lowest BCUT2D eigenvalue weighted by molar-refractivity contribution is -0.158. The van der Waals surface area contributed by atoms with Crippen LogP contribution in [-0.4, -0.2) is 36.9 Å². The minimum Gasteiger partial charge on any atom is -0.469 e. The molecule has 0 amide bonds. The van der Waals surface area contributed by atoms with Crippen LogP contribution in [0.15, 0.2) is 0 Å². The molecule has 0 aliphatic carbocycles. The number of nitrogens with one attached hydrogen (secondary N) is 1. The minimum atomic E-state index is -0.868. The van der Waals surface area contributed by atoms with Gasteiger partial charge in [-0.1, -0.05) is 19.8 Å². The van der Waals surface area contributed by atoms with Crippen LogP contribution in [0.25, 0.3) is 0 Å². The molecule has 0 aromatic rings. The number of unbranched alkanes of at least 4 members (excludes halogenated alkanes) is 1. The highest BCUT2D eigenvalue weighted by Gasteiger charge is 2.42. The van der Waals surface area contributed by atoms with Crippen LogP contribution < -0.4 is 5.32 Å². The summed E-state index contributed by atoms with van der Waals surface area (Å²) in [6, 6.07) is 0. The Morgan fingerprint density at radius 1 is 1.50 bits per heavy atom. The molecule has 4 heteroatoms. The van der Waals surface area contributed by atoms with E-state index in [1.54, 1.807) is 0 Å². The molecular formula is C12H23NO3. The molecule has 1 aliphatic rings. The summed E-state index contributed by atoms with van der Waals surface area (Å²) in [5.74, 6) is -0.627. The van der Waals surface area contributed by atoms with Gasteiger partial charge >= 0.3 is 5.97 Å². The first-order valence-electron chi connectivity index (χ1n) is 6.15. The second-order valence-electron chi connectivity index (χ2n) is 4.57. The van der Waals surface area contributed by atoms with Crippen molar-refractivity contribution in [1.29, 1.82) is 0 Å². The molecule has 4 nitrogen and oxygen atoms in total. The number of carbonyl (C=O) groups is 1. The number of rotatable bonds is 5. The summed E-state index contributed by atoms with van der Waals surface area (Å²) in [6.07, 6.45) is 3.98. The van der Waals surface area contributed by atoms with Crippen molar-refractivity contribution >= 4 is 5.97 Å². The van der Waals surface area contributed by atoms with Crippen molar-refractivity contribution in [2.45, 2.75) is 44.6 Å². The highest BCUT2D eigenvalue weighted by Crippen LogP contribution is 2.32. The van der Waals surface area contributed by atoms with E-state index in [9.17, 15) is 9.90 Å². The highest BCUT2D eigenvalue weighted by atomic mass is 16.5. The van der Waals surface area contributed by atoms with Gasteiger partial charge in [-0.25, -0.2) is 0 Å². The van der Waals surface area contributed by atoms with Crippen LogP contribution in [0.3, 0.4) is 0 Å². The number of carbonyl (C=O) groups excluding carboxylic acids is 1. The highest BCUT2D eigenvalue weighted by molar-refractivity contribution is 5.73. The lowest BCUT2D eigenvalue weighted by Crippen LogP contribution is -2.50. The van der Waals surface area contributed by atoms with Gasteiger partial charge < -0.3 is 15.2 Å². The molecule has 2 N–H and O–H groups in total. The molecule has 0 spiro atoms. The molecule has 16 heavy (non-hydrogen) atoms. The summed E-state index contributed by atoms with van der Waals surface area (Å²) in [5.41, 5.74) is -0.868. The Balaban J connectivity index is 2.68. The van der Waals surface area contributed by atoms with E-state index in [0.717, 1.165) is 32.4 Å². The molecule has 1 unspecified atom stereocenters. The minimum absolute atomic E-state index is 0.266. The first-order valence-corrected chi connectivity index (χ1v) is 6.15. The second kappa shape index (κ2) is 6.21. The SMILES string of the molecule is CCCCC(C(=O)OC)C1(O)CCNCC1. The maximum absolute atomic E-state index is 11.7. The smallest absolute Gasteiger partial charge is 0.311 e. The number of methoxy groups -OCH3 is 1. The van der Waals surface area contributed by atoms with E-state index in [4.69, 9.17) is 4.74 Å². The molecule has 1 heterocycles. The molecule has 0 radical (unpaired) electrons. The molecule has 0 saturated carbocycles. The van der Waals surface area contributed by atoms with Gasteiger partial charge in [0.25, 0.3) is 0 Å². The average Bonchev–Trinajstić information content (AvgIpc) is 2.30. The van der Waals surface area contributed by atoms with E-state index in [1.807, 2.05) is 0 Å². The fourth-order valence-corrected chi connectivity index (χ4v) is 2.36. The Bertz CT molecular complexity index is 224. The maximum atomic E-state index is 11.7. The monoisotopic (exact) mass is 229 g/mol. The van der Waals surface area contributed by atoms with Gasteiger partial charge in [-0.05, 0) is 32.4 Å². The van der Waals surface area contributed by atoms with Gasteiger partial charge in [0, 0.05) is 0 Å². The summed E-state index contributed by atoms with van der Waals surface area (Å²) in [5, 5.41) is 13.7. The van der Waals surface area contributed by atoms with Gasteiger partial charge in [0.15, 0.2) is 0 Å². The first-order chi connectivity index (χ1) is 7.64. The largest absolute Gasteiger partial charge is 0.469 e. The zero-order valence-electron chi connectivity index (χ0n) is 10.3. The maximum Gasteiger partial charge on any atom is 0.311 e. The topological polar surface area (TPSA) is 58.6 Å². The van der Waals surface area contributed by atoms with Crippen LogP contribution in [0.1, 0.15) is 39.0 Å². The Morgan fingerprint density at radius 2 is 2.12 bits per heavy atom. The van der Waals surface area contributed by atoms with E-state index in [-0.39, 0.29) is 11.9 Å². The normalized spacial score (nSPS) is 21.4. The van der Waals surface area contributed by atoms with Gasteiger partial charge in [0.05, 0.1) is 18.6 Å². The van der Waals surface area contributed by atoms with Crippen molar-refractivity contribution in [3.63, 3.8) is 0 Å². The third-order valence-corrected chi connectivity index (χ3v) is 3.45. The quantitative estimate of drug-likeness (QED) is 0.693. The fraction of sp³-hybridized carbons (Fsp3) is 0.917. The van der Waals surface area contributed by atoms with Crippen molar-refractivity contribution in [2.24, 2.45) is 5.92 Å². The van der Waals surface area contributed by atoms with Crippen LogP contribution in [0.5, 0.6) is 0 Å². The number of hydrogen-bond acceptors (Lipinski definition) is 4. The van der Waals surface area contributed by atoms with E-state index >= 15 is 0 Å². The van der Waals surface area contributed by atoms with Crippen LogP contribution in [-0.2, 0) is 9.53 Å². The van der Waals surface area contributed by atoms with Crippen LogP contribution in [0.2, 0.25) is 0 Å². The van der Waals surface area contributed by atoms with E-state index in [1.165, 1.54) is 7.11 Å². The van der Waals surface area contributed by atoms with Crippen molar-refractivity contribution < 1.29 is 14.6 Å². The Kier molecular flexibility index (Phi) is 5.22. The Labute approximate surface area is 97.4 Å². The molecule has 1 aliphatic heterocycles. The van der Waals surface area contributed by atoms with Gasteiger partial charge in [0.2, 0.25) is 0 Å². The van der Waals surface area contributed by atoms with Crippen molar-refractivity contribution in [1.82, 2.24) is 5.32 Å². The summed E-state index contributed by atoms with van der Waals surface area (Å²) >= 11 is 0. The van der Waals surface area contributed by atoms with Crippen molar-refractivity contribution in [3.05, 3.63) is 0 Å². The van der Waals surface area contributed by atoms with E-state index < -0.39 is 5.60 Å². The molecule has 0 aromatic carbocycles. The van der Waals surface area contributed by atoms with Gasteiger partial charge in [0.1, 0.15) is 0 Å². The molecule has 1 rings (SSSR count). The van der Waals surface area contributed by atoms with Gasteiger partial charge in [-0.15, -0.1) is 0 Å². The molecule has 0 bridgehead atoms. The van der Waals surface area contributed by atoms with Crippen LogP contribution in [0, 0.1) is 5.92 Å². The summed E-state index contributed by atoms with van der Waals surface area (Å²) in [7, 11) is 1.39. The molecule has 1 saturated heterocycles. The number of piperidine rings is 1.